The van der Waals surface area contributed by atoms with Crippen LogP contribution in [0.3, 0.4) is 0 Å². The average Bonchev–Trinajstić information content (AvgIpc) is 2.86. The van der Waals surface area contributed by atoms with Gasteiger partial charge in [-0.2, -0.15) is 5.10 Å². The Morgan fingerprint density at radius 1 is 1.69 bits per heavy atom. The van der Waals surface area contributed by atoms with Gasteiger partial charge in [-0.3, -0.25) is 9.48 Å². The molecule has 0 amide bonds. The smallest absolute Gasteiger partial charge is 0.144 e. The number of aryl methyl sites for hydroxylation is 1. The van der Waals surface area contributed by atoms with E-state index in [1.54, 1.807) is 10.9 Å². The van der Waals surface area contributed by atoms with Crippen LogP contribution in [-0.4, -0.2) is 41.9 Å². The molecule has 1 saturated heterocycles. The molecule has 2 heterocycles. The van der Waals surface area contributed by atoms with Gasteiger partial charge in [0.15, 0.2) is 0 Å². The van der Waals surface area contributed by atoms with E-state index in [1.807, 2.05) is 20.3 Å². The molecule has 16 heavy (non-hydrogen) atoms. The minimum absolute atomic E-state index is 0.0230. The Morgan fingerprint density at radius 3 is 3.12 bits per heavy atom. The molecule has 1 aliphatic heterocycles. The minimum Gasteiger partial charge on any atom is -0.379 e. The van der Waals surface area contributed by atoms with Gasteiger partial charge in [0.1, 0.15) is 5.78 Å². The summed E-state index contributed by atoms with van der Waals surface area (Å²) in [5, 5.41) is 7.17. The van der Waals surface area contributed by atoms with E-state index in [1.165, 1.54) is 0 Å². The lowest BCUT2D eigenvalue weighted by atomic mass is 9.95. The Morgan fingerprint density at radius 2 is 2.50 bits per heavy atom. The fourth-order valence-electron chi connectivity index (χ4n) is 2.05. The number of ketones is 1. The molecule has 1 aliphatic rings. The van der Waals surface area contributed by atoms with Gasteiger partial charge >= 0.3 is 0 Å². The third kappa shape index (κ3) is 2.31. The molecule has 1 N–H and O–H groups in total. The van der Waals surface area contributed by atoms with Crippen LogP contribution >= 0.6 is 0 Å². The van der Waals surface area contributed by atoms with Gasteiger partial charge in [0.05, 0.1) is 25.3 Å². The first kappa shape index (κ1) is 11.3. The maximum Gasteiger partial charge on any atom is 0.144 e. The molecular formula is C11H17N3O2. The van der Waals surface area contributed by atoms with Crippen molar-refractivity contribution >= 4 is 5.78 Å². The molecule has 0 saturated carbocycles. The van der Waals surface area contributed by atoms with Crippen molar-refractivity contribution in [3.63, 3.8) is 0 Å². The molecule has 2 atom stereocenters. The third-order valence-corrected chi connectivity index (χ3v) is 3.00. The van der Waals surface area contributed by atoms with E-state index in [0.29, 0.717) is 19.6 Å². The van der Waals surface area contributed by atoms with Crippen LogP contribution in [0.5, 0.6) is 0 Å². The van der Waals surface area contributed by atoms with Crippen molar-refractivity contribution in [3.05, 3.63) is 18.0 Å². The molecule has 1 aromatic heterocycles. The molecule has 5 nitrogen and oxygen atoms in total. The number of aromatic nitrogens is 2. The second-order valence-corrected chi connectivity index (χ2v) is 4.20. The minimum atomic E-state index is -0.0230. The summed E-state index contributed by atoms with van der Waals surface area (Å²) in [5.74, 6) is 0.204. The monoisotopic (exact) mass is 223 g/mol. The van der Waals surface area contributed by atoms with Crippen LogP contribution in [0.25, 0.3) is 0 Å². The molecule has 0 aromatic carbocycles. The van der Waals surface area contributed by atoms with Crippen LogP contribution in [0.4, 0.5) is 0 Å². The second kappa shape index (κ2) is 4.76. The van der Waals surface area contributed by atoms with Crippen LogP contribution in [-0.2, 0) is 23.0 Å². The van der Waals surface area contributed by atoms with Crippen LogP contribution in [0, 0.1) is 5.92 Å². The van der Waals surface area contributed by atoms with E-state index in [-0.39, 0.29) is 17.7 Å². The summed E-state index contributed by atoms with van der Waals surface area (Å²) in [6, 6.07) is 0.157. The van der Waals surface area contributed by atoms with E-state index in [2.05, 4.69) is 10.4 Å². The fourth-order valence-corrected chi connectivity index (χ4v) is 2.05. The highest BCUT2D eigenvalue weighted by molar-refractivity contribution is 5.84. The lowest BCUT2D eigenvalue weighted by Crippen LogP contribution is -2.37. The zero-order chi connectivity index (χ0) is 11.5. The molecule has 0 radical (unpaired) electrons. The normalized spacial score (nSPS) is 24.9. The number of Topliss-reactive ketones (excluding diaryl/α,β-unsaturated/α-hetero) is 1. The zero-order valence-corrected chi connectivity index (χ0v) is 9.64. The molecule has 1 aromatic rings. The predicted octanol–water partition coefficient (Wildman–Crippen LogP) is -0.234. The Hall–Kier alpha value is -1.20. The zero-order valence-electron chi connectivity index (χ0n) is 9.64. The van der Waals surface area contributed by atoms with E-state index in [9.17, 15) is 4.79 Å². The number of ether oxygens (including phenoxy) is 1. The number of carbonyl (C=O) groups excluding carboxylic acids is 1. The quantitative estimate of drug-likeness (QED) is 0.766. The van der Waals surface area contributed by atoms with Crippen molar-refractivity contribution in [2.24, 2.45) is 13.0 Å². The fraction of sp³-hybridized carbons (Fsp3) is 0.636. The van der Waals surface area contributed by atoms with Gasteiger partial charge in [0.2, 0.25) is 0 Å². The Labute approximate surface area is 94.8 Å². The van der Waals surface area contributed by atoms with Crippen LogP contribution < -0.4 is 5.32 Å². The van der Waals surface area contributed by atoms with Crippen molar-refractivity contribution in [2.75, 3.05) is 20.3 Å². The van der Waals surface area contributed by atoms with Crippen LogP contribution in [0.1, 0.15) is 5.56 Å². The number of nitrogens with zero attached hydrogens (tertiary/aromatic N) is 2. The lowest BCUT2D eigenvalue weighted by molar-refractivity contribution is -0.122. The van der Waals surface area contributed by atoms with Gasteiger partial charge in [-0.15, -0.1) is 0 Å². The molecule has 0 bridgehead atoms. The SMILES string of the molecule is CNC1COCC1C(=O)Cc1cnn(C)c1. The first-order valence-electron chi connectivity index (χ1n) is 5.46. The highest BCUT2D eigenvalue weighted by atomic mass is 16.5. The van der Waals surface area contributed by atoms with E-state index in [0.717, 1.165) is 5.56 Å². The second-order valence-electron chi connectivity index (χ2n) is 4.20. The van der Waals surface area contributed by atoms with Gasteiger partial charge in [-0.25, -0.2) is 0 Å². The van der Waals surface area contributed by atoms with Crippen molar-refractivity contribution in [1.29, 1.82) is 0 Å². The summed E-state index contributed by atoms with van der Waals surface area (Å²) in [5.41, 5.74) is 0.967. The molecular weight excluding hydrogens is 206 g/mol. The standard InChI is InChI=1S/C11H17N3O2/c1-12-10-7-16-6-9(10)11(15)3-8-4-13-14(2)5-8/h4-5,9-10,12H,3,6-7H2,1-2H3. The number of nitrogens with one attached hydrogen (secondary N) is 1. The van der Waals surface area contributed by atoms with Crippen molar-refractivity contribution in [1.82, 2.24) is 15.1 Å². The molecule has 0 spiro atoms. The van der Waals surface area contributed by atoms with Crippen LogP contribution in [0.15, 0.2) is 12.4 Å². The number of hydrogen-bond donors (Lipinski definition) is 1. The number of likely N-dealkylation sites (N-methyl/N-ethyl adjacent to an activating group) is 1. The van der Waals surface area contributed by atoms with Gasteiger partial charge in [-0.1, -0.05) is 0 Å². The number of hydrogen-bond acceptors (Lipinski definition) is 4. The van der Waals surface area contributed by atoms with Gasteiger partial charge in [-0.05, 0) is 12.6 Å². The molecule has 1 fully saturated rings. The maximum atomic E-state index is 12.0. The Balaban J connectivity index is 1.97. The molecule has 5 heteroatoms. The summed E-state index contributed by atoms with van der Waals surface area (Å²) in [7, 11) is 3.72. The van der Waals surface area contributed by atoms with E-state index < -0.39 is 0 Å². The average molecular weight is 223 g/mol. The summed E-state index contributed by atoms with van der Waals surface area (Å²) < 4.78 is 7.03. The largest absolute Gasteiger partial charge is 0.379 e. The van der Waals surface area contributed by atoms with Crippen LogP contribution in [0.2, 0.25) is 0 Å². The van der Waals surface area contributed by atoms with E-state index >= 15 is 0 Å². The lowest BCUT2D eigenvalue weighted by Gasteiger charge is -2.14. The highest BCUT2D eigenvalue weighted by Crippen LogP contribution is 2.16. The highest BCUT2D eigenvalue weighted by Gasteiger charge is 2.32. The van der Waals surface area contributed by atoms with Gasteiger partial charge < -0.3 is 10.1 Å². The van der Waals surface area contributed by atoms with Gasteiger partial charge in [0.25, 0.3) is 0 Å². The Bertz CT molecular complexity index is 375. The summed E-state index contributed by atoms with van der Waals surface area (Å²) in [4.78, 5) is 12.0. The van der Waals surface area contributed by atoms with Gasteiger partial charge in [0, 0.05) is 25.7 Å². The maximum absolute atomic E-state index is 12.0. The van der Waals surface area contributed by atoms with Crippen molar-refractivity contribution in [3.8, 4) is 0 Å². The number of carbonyl (C=O) groups is 1. The Kier molecular flexibility index (Phi) is 3.36. The third-order valence-electron chi connectivity index (χ3n) is 3.00. The number of rotatable bonds is 4. The summed E-state index contributed by atoms with van der Waals surface area (Å²) in [6.07, 6.45) is 4.06. The van der Waals surface area contributed by atoms with Crippen molar-refractivity contribution in [2.45, 2.75) is 12.5 Å². The molecule has 2 rings (SSSR count). The molecule has 88 valence electrons. The van der Waals surface area contributed by atoms with Crippen molar-refractivity contribution < 1.29 is 9.53 Å². The predicted molar refractivity (Wildman–Crippen MR) is 59.1 cm³/mol. The van der Waals surface area contributed by atoms with E-state index in [4.69, 9.17) is 4.74 Å². The molecule has 2 unspecified atom stereocenters. The molecule has 0 aliphatic carbocycles. The first-order valence-corrected chi connectivity index (χ1v) is 5.46. The topological polar surface area (TPSA) is 56.1 Å². The summed E-state index contributed by atoms with van der Waals surface area (Å²) in [6.45, 7) is 1.16. The first-order chi connectivity index (χ1) is 7.70. The summed E-state index contributed by atoms with van der Waals surface area (Å²) >= 11 is 0.